The maximum Gasteiger partial charge on any atom is 0.128 e. The number of thiophene rings is 1. The molecule has 0 atom stereocenters. The number of anilines is 1. The first-order chi connectivity index (χ1) is 9.42. The third kappa shape index (κ3) is 3.33. The van der Waals surface area contributed by atoms with Crippen molar-refractivity contribution < 1.29 is 0 Å². The Morgan fingerprint density at radius 3 is 2.84 bits per heavy atom. The van der Waals surface area contributed by atoms with Crippen molar-refractivity contribution in [2.45, 2.75) is 25.4 Å². The number of rotatable bonds is 4. The van der Waals surface area contributed by atoms with Crippen LogP contribution in [0.15, 0.2) is 41.2 Å². The van der Waals surface area contributed by atoms with Gasteiger partial charge in [-0.3, -0.25) is 0 Å². The van der Waals surface area contributed by atoms with Crippen LogP contribution in [0.4, 0.5) is 5.82 Å². The van der Waals surface area contributed by atoms with Crippen molar-refractivity contribution >= 4 is 17.2 Å². The topological polar surface area (TPSA) is 28.2 Å². The van der Waals surface area contributed by atoms with Crippen LogP contribution in [-0.4, -0.2) is 24.1 Å². The van der Waals surface area contributed by atoms with E-state index in [1.54, 1.807) is 11.3 Å². The van der Waals surface area contributed by atoms with Crippen molar-refractivity contribution in [3.63, 3.8) is 0 Å². The normalized spacial score (nSPS) is 16.7. The summed E-state index contributed by atoms with van der Waals surface area (Å²) in [5, 5.41) is 8.01. The van der Waals surface area contributed by atoms with E-state index in [0.717, 1.165) is 25.5 Å². The van der Waals surface area contributed by atoms with E-state index in [1.165, 1.54) is 18.4 Å². The summed E-state index contributed by atoms with van der Waals surface area (Å²) >= 11 is 1.77. The number of hydrogen-bond acceptors (Lipinski definition) is 4. The summed E-state index contributed by atoms with van der Waals surface area (Å²) in [6, 6.07) is 8.96. The molecule has 0 bridgehead atoms. The van der Waals surface area contributed by atoms with Crippen LogP contribution >= 0.6 is 11.3 Å². The minimum Gasteiger partial charge on any atom is -0.357 e. The van der Waals surface area contributed by atoms with Gasteiger partial charge in [-0.1, -0.05) is 6.07 Å². The van der Waals surface area contributed by atoms with Crippen molar-refractivity contribution in [3.8, 4) is 0 Å². The molecule has 3 nitrogen and oxygen atoms in total. The summed E-state index contributed by atoms with van der Waals surface area (Å²) < 4.78 is 0. The average Bonchev–Trinajstić information content (AvgIpc) is 3.00. The van der Waals surface area contributed by atoms with Gasteiger partial charge in [-0.25, -0.2) is 4.98 Å². The highest BCUT2D eigenvalue weighted by Crippen LogP contribution is 2.17. The Labute approximate surface area is 118 Å². The van der Waals surface area contributed by atoms with E-state index in [4.69, 9.17) is 0 Å². The van der Waals surface area contributed by atoms with Crippen LogP contribution in [0, 0.1) is 0 Å². The summed E-state index contributed by atoms with van der Waals surface area (Å²) in [4.78, 5) is 6.80. The molecule has 4 heteroatoms. The van der Waals surface area contributed by atoms with Crippen LogP contribution in [0.1, 0.15) is 18.4 Å². The van der Waals surface area contributed by atoms with Crippen LogP contribution in [0.2, 0.25) is 0 Å². The molecular formula is C15H19N3S. The van der Waals surface area contributed by atoms with Gasteiger partial charge in [-0.15, -0.1) is 0 Å². The molecular weight excluding hydrogens is 254 g/mol. The Balaban J connectivity index is 1.47. The maximum atomic E-state index is 4.42. The predicted molar refractivity (Wildman–Crippen MR) is 80.6 cm³/mol. The lowest BCUT2D eigenvalue weighted by molar-refractivity contribution is 0.413. The predicted octanol–water partition coefficient (Wildman–Crippen LogP) is 2.90. The van der Waals surface area contributed by atoms with E-state index in [-0.39, 0.29) is 0 Å². The first-order valence-corrected chi connectivity index (χ1v) is 7.76. The molecule has 1 N–H and O–H groups in total. The molecule has 1 fully saturated rings. The number of aromatic nitrogens is 1. The fraction of sp³-hybridized carbons (Fsp3) is 0.400. The van der Waals surface area contributed by atoms with Gasteiger partial charge in [0.2, 0.25) is 0 Å². The lowest BCUT2D eigenvalue weighted by Crippen LogP contribution is -2.42. The number of nitrogens with one attached hydrogen (secondary N) is 1. The molecule has 1 saturated heterocycles. The van der Waals surface area contributed by atoms with Gasteiger partial charge in [0.15, 0.2) is 0 Å². The molecule has 0 radical (unpaired) electrons. The number of nitrogens with zero attached hydrogens (tertiary/aromatic N) is 2. The quantitative estimate of drug-likeness (QED) is 0.928. The summed E-state index contributed by atoms with van der Waals surface area (Å²) in [6.07, 6.45) is 4.26. The molecule has 0 amide bonds. The fourth-order valence-electron chi connectivity index (χ4n) is 2.51. The van der Waals surface area contributed by atoms with Crippen LogP contribution in [0.25, 0.3) is 0 Å². The highest BCUT2D eigenvalue weighted by molar-refractivity contribution is 7.07. The van der Waals surface area contributed by atoms with Crippen molar-refractivity contribution in [2.75, 3.05) is 18.0 Å². The highest BCUT2D eigenvalue weighted by Gasteiger charge is 2.19. The van der Waals surface area contributed by atoms with E-state index in [0.29, 0.717) is 6.04 Å². The van der Waals surface area contributed by atoms with Crippen molar-refractivity contribution in [1.29, 1.82) is 0 Å². The van der Waals surface area contributed by atoms with Gasteiger partial charge in [-0.05, 0) is 47.4 Å². The van der Waals surface area contributed by atoms with Crippen LogP contribution in [0.3, 0.4) is 0 Å². The molecule has 3 heterocycles. The van der Waals surface area contributed by atoms with E-state index >= 15 is 0 Å². The Morgan fingerprint density at radius 2 is 2.16 bits per heavy atom. The van der Waals surface area contributed by atoms with Gasteiger partial charge >= 0.3 is 0 Å². The molecule has 0 spiro atoms. The Bertz CT molecular complexity index is 475. The summed E-state index contributed by atoms with van der Waals surface area (Å²) in [5.41, 5.74) is 1.40. The molecule has 100 valence electrons. The molecule has 0 aliphatic carbocycles. The molecule has 2 aromatic heterocycles. The Morgan fingerprint density at radius 1 is 1.26 bits per heavy atom. The number of hydrogen-bond donors (Lipinski definition) is 1. The summed E-state index contributed by atoms with van der Waals surface area (Å²) in [5.74, 6) is 1.11. The van der Waals surface area contributed by atoms with Crippen LogP contribution in [0.5, 0.6) is 0 Å². The first kappa shape index (κ1) is 12.6. The largest absolute Gasteiger partial charge is 0.357 e. The molecule has 0 aromatic carbocycles. The molecule has 1 aliphatic heterocycles. The molecule has 19 heavy (non-hydrogen) atoms. The van der Waals surface area contributed by atoms with Gasteiger partial charge < -0.3 is 10.2 Å². The zero-order valence-corrected chi connectivity index (χ0v) is 11.8. The van der Waals surface area contributed by atoms with Crippen LogP contribution < -0.4 is 10.2 Å². The monoisotopic (exact) mass is 273 g/mol. The van der Waals surface area contributed by atoms with E-state index in [1.807, 2.05) is 12.3 Å². The smallest absolute Gasteiger partial charge is 0.128 e. The van der Waals surface area contributed by atoms with E-state index in [2.05, 4.69) is 44.2 Å². The van der Waals surface area contributed by atoms with E-state index in [9.17, 15) is 0 Å². The second-order valence-corrected chi connectivity index (χ2v) is 5.74. The lowest BCUT2D eigenvalue weighted by atomic mass is 10.0. The van der Waals surface area contributed by atoms with Crippen molar-refractivity contribution in [2.24, 2.45) is 0 Å². The molecule has 3 rings (SSSR count). The third-order valence-corrected chi connectivity index (χ3v) is 4.38. The van der Waals surface area contributed by atoms with Crippen molar-refractivity contribution in [1.82, 2.24) is 10.3 Å². The van der Waals surface area contributed by atoms with Gasteiger partial charge in [0.05, 0.1) is 0 Å². The van der Waals surface area contributed by atoms with Gasteiger partial charge in [-0.2, -0.15) is 11.3 Å². The summed E-state index contributed by atoms with van der Waals surface area (Å²) in [7, 11) is 0. The Hall–Kier alpha value is -1.39. The van der Waals surface area contributed by atoms with Crippen molar-refractivity contribution in [3.05, 3.63) is 46.8 Å². The third-order valence-electron chi connectivity index (χ3n) is 3.64. The van der Waals surface area contributed by atoms with Gasteiger partial charge in [0, 0.05) is 31.9 Å². The lowest BCUT2D eigenvalue weighted by Gasteiger charge is -2.33. The SMILES string of the molecule is c1ccc(N2CCC(NCc3ccsc3)CC2)nc1. The highest BCUT2D eigenvalue weighted by atomic mass is 32.1. The number of piperidine rings is 1. The average molecular weight is 273 g/mol. The zero-order chi connectivity index (χ0) is 12.9. The van der Waals surface area contributed by atoms with Crippen LogP contribution in [-0.2, 0) is 6.54 Å². The minimum atomic E-state index is 0.639. The molecule has 2 aromatic rings. The van der Waals surface area contributed by atoms with Gasteiger partial charge in [0.1, 0.15) is 5.82 Å². The second-order valence-electron chi connectivity index (χ2n) is 4.96. The Kier molecular flexibility index (Phi) is 4.10. The number of pyridine rings is 1. The standard InChI is InChI=1S/C15H19N3S/c1-2-7-16-15(3-1)18-8-4-14(5-9-18)17-11-13-6-10-19-12-13/h1-3,6-7,10,12,14,17H,4-5,8-9,11H2. The maximum absolute atomic E-state index is 4.42. The summed E-state index contributed by atoms with van der Waals surface area (Å²) in [6.45, 7) is 3.19. The van der Waals surface area contributed by atoms with E-state index < -0.39 is 0 Å². The minimum absolute atomic E-state index is 0.639. The van der Waals surface area contributed by atoms with Gasteiger partial charge in [0.25, 0.3) is 0 Å². The second kappa shape index (κ2) is 6.17. The molecule has 1 aliphatic rings. The first-order valence-electron chi connectivity index (χ1n) is 6.82. The fourth-order valence-corrected chi connectivity index (χ4v) is 3.18. The molecule has 0 unspecified atom stereocenters. The zero-order valence-electron chi connectivity index (χ0n) is 11.0. The molecule has 0 saturated carbocycles.